The summed E-state index contributed by atoms with van der Waals surface area (Å²) in [5, 5.41) is 2.66. The van der Waals surface area contributed by atoms with E-state index in [4.69, 9.17) is 14.2 Å². The van der Waals surface area contributed by atoms with Crippen LogP contribution in [0.25, 0.3) is 0 Å². The normalized spacial score (nSPS) is 12.2. The minimum atomic E-state index is -0.548. The number of nitrogens with zero attached hydrogens (tertiary/aromatic N) is 1. The van der Waals surface area contributed by atoms with Gasteiger partial charge in [0.15, 0.2) is 18.1 Å². The highest BCUT2D eigenvalue weighted by molar-refractivity contribution is 5.95. The number of hydrogen-bond acceptors (Lipinski definition) is 6. The van der Waals surface area contributed by atoms with Gasteiger partial charge in [0, 0.05) is 31.5 Å². The molecule has 1 heterocycles. The molecule has 0 saturated heterocycles. The average molecular weight is 356 g/mol. The Hall–Kier alpha value is -3.22. The summed E-state index contributed by atoms with van der Waals surface area (Å²) >= 11 is 0. The summed E-state index contributed by atoms with van der Waals surface area (Å²) in [6.07, 6.45) is 0. The number of benzene rings is 2. The molecule has 3 rings (SSSR count). The van der Waals surface area contributed by atoms with E-state index in [0.29, 0.717) is 36.0 Å². The first-order valence-corrected chi connectivity index (χ1v) is 8.17. The monoisotopic (exact) mass is 356 g/mol. The number of carbonyl (C=O) groups is 2. The van der Waals surface area contributed by atoms with Gasteiger partial charge in [-0.1, -0.05) is 0 Å². The molecule has 0 unspecified atom stereocenters. The second kappa shape index (κ2) is 7.77. The molecule has 26 heavy (non-hydrogen) atoms. The van der Waals surface area contributed by atoms with Crippen molar-refractivity contribution in [2.45, 2.75) is 0 Å². The highest BCUT2D eigenvalue weighted by Crippen LogP contribution is 2.32. The lowest BCUT2D eigenvalue weighted by Crippen LogP contribution is -2.21. The minimum Gasteiger partial charge on any atom is -0.486 e. The SMILES string of the molecule is CN(C)c1ccc(C(=O)OCC(=O)Nc2ccc3c(c2)OCCO3)cc1. The van der Waals surface area contributed by atoms with Crippen molar-refractivity contribution in [3.63, 3.8) is 0 Å². The van der Waals surface area contributed by atoms with E-state index >= 15 is 0 Å². The summed E-state index contributed by atoms with van der Waals surface area (Å²) in [6.45, 7) is 0.599. The first-order valence-electron chi connectivity index (χ1n) is 8.17. The number of rotatable bonds is 5. The van der Waals surface area contributed by atoms with Crippen LogP contribution in [0.1, 0.15) is 10.4 Å². The van der Waals surface area contributed by atoms with E-state index in [1.807, 2.05) is 31.1 Å². The third kappa shape index (κ3) is 4.24. The molecule has 0 aromatic heterocycles. The molecule has 7 nitrogen and oxygen atoms in total. The molecular weight excluding hydrogens is 336 g/mol. The maximum Gasteiger partial charge on any atom is 0.338 e. The molecule has 1 aliphatic heterocycles. The zero-order valence-electron chi connectivity index (χ0n) is 14.7. The summed E-state index contributed by atoms with van der Waals surface area (Å²) in [7, 11) is 3.82. The Morgan fingerprint density at radius 1 is 1.04 bits per heavy atom. The van der Waals surface area contributed by atoms with E-state index in [2.05, 4.69) is 5.32 Å². The molecule has 1 amide bonds. The number of ether oxygens (including phenoxy) is 3. The Balaban J connectivity index is 1.52. The molecule has 2 aromatic rings. The smallest absolute Gasteiger partial charge is 0.338 e. The van der Waals surface area contributed by atoms with Gasteiger partial charge in [-0.05, 0) is 36.4 Å². The number of fused-ring (bicyclic) bond motifs is 1. The maximum absolute atomic E-state index is 12.0. The molecule has 0 fully saturated rings. The van der Waals surface area contributed by atoms with Gasteiger partial charge in [0.1, 0.15) is 13.2 Å². The van der Waals surface area contributed by atoms with Crippen LogP contribution < -0.4 is 19.7 Å². The Morgan fingerprint density at radius 3 is 2.42 bits per heavy atom. The lowest BCUT2D eigenvalue weighted by molar-refractivity contribution is -0.119. The van der Waals surface area contributed by atoms with Gasteiger partial charge >= 0.3 is 5.97 Å². The lowest BCUT2D eigenvalue weighted by Gasteiger charge is -2.19. The van der Waals surface area contributed by atoms with E-state index in [1.165, 1.54) is 0 Å². The highest BCUT2D eigenvalue weighted by Gasteiger charge is 2.14. The van der Waals surface area contributed by atoms with E-state index < -0.39 is 11.9 Å². The third-order valence-electron chi connectivity index (χ3n) is 3.78. The number of carbonyl (C=O) groups excluding carboxylic acids is 2. The van der Waals surface area contributed by atoms with Crippen molar-refractivity contribution >= 4 is 23.3 Å². The molecule has 136 valence electrons. The quantitative estimate of drug-likeness (QED) is 0.829. The van der Waals surface area contributed by atoms with E-state index in [9.17, 15) is 9.59 Å². The van der Waals surface area contributed by atoms with Gasteiger partial charge in [-0.2, -0.15) is 0 Å². The van der Waals surface area contributed by atoms with Crippen molar-refractivity contribution in [3.05, 3.63) is 48.0 Å². The van der Waals surface area contributed by atoms with Gasteiger partial charge in [0.05, 0.1) is 5.56 Å². The molecule has 0 atom stereocenters. The molecule has 2 aromatic carbocycles. The van der Waals surface area contributed by atoms with E-state index in [0.717, 1.165) is 5.69 Å². The van der Waals surface area contributed by atoms with Gasteiger partial charge in [-0.3, -0.25) is 4.79 Å². The van der Waals surface area contributed by atoms with Crippen LogP contribution in [-0.2, 0) is 9.53 Å². The van der Waals surface area contributed by atoms with Gasteiger partial charge in [-0.15, -0.1) is 0 Å². The van der Waals surface area contributed by atoms with Crippen molar-refractivity contribution in [1.29, 1.82) is 0 Å². The lowest BCUT2D eigenvalue weighted by atomic mass is 10.2. The molecule has 0 radical (unpaired) electrons. The van der Waals surface area contributed by atoms with Crippen LogP contribution in [0, 0.1) is 0 Å². The van der Waals surface area contributed by atoms with Crippen molar-refractivity contribution in [2.75, 3.05) is 44.1 Å². The van der Waals surface area contributed by atoms with Crippen LogP contribution in [0.5, 0.6) is 11.5 Å². The third-order valence-corrected chi connectivity index (χ3v) is 3.78. The van der Waals surface area contributed by atoms with Crippen LogP contribution in [0.2, 0.25) is 0 Å². The van der Waals surface area contributed by atoms with Gasteiger partial charge in [0.25, 0.3) is 5.91 Å². The van der Waals surface area contributed by atoms with Crippen LogP contribution in [0.3, 0.4) is 0 Å². The Labute approximate surface area is 151 Å². The predicted molar refractivity (Wildman–Crippen MR) is 97.1 cm³/mol. The first kappa shape index (κ1) is 17.6. The second-order valence-electron chi connectivity index (χ2n) is 5.92. The molecule has 0 bridgehead atoms. The number of anilines is 2. The molecule has 0 spiro atoms. The Kier molecular flexibility index (Phi) is 5.26. The molecule has 7 heteroatoms. The summed E-state index contributed by atoms with van der Waals surface area (Å²) < 4.78 is 15.9. The average Bonchev–Trinajstić information content (AvgIpc) is 2.66. The molecule has 0 saturated carbocycles. The van der Waals surface area contributed by atoms with Crippen LogP contribution in [0.4, 0.5) is 11.4 Å². The summed E-state index contributed by atoms with van der Waals surface area (Å²) in [5.74, 6) is 0.237. The first-order chi connectivity index (χ1) is 12.5. The fourth-order valence-electron chi connectivity index (χ4n) is 2.43. The Bertz CT molecular complexity index is 802. The zero-order chi connectivity index (χ0) is 18.5. The fourth-order valence-corrected chi connectivity index (χ4v) is 2.43. The zero-order valence-corrected chi connectivity index (χ0v) is 14.7. The maximum atomic E-state index is 12.0. The van der Waals surface area contributed by atoms with Gasteiger partial charge < -0.3 is 24.4 Å². The van der Waals surface area contributed by atoms with Crippen molar-refractivity contribution in [1.82, 2.24) is 0 Å². The molecule has 1 N–H and O–H groups in total. The topological polar surface area (TPSA) is 77.1 Å². The summed E-state index contributed by atoms with van der Waals surface area (Å²) in [4.78, 5) is 25.9. The number of hydrogen-bond donors (Lipinski definition) is 1. The number of esters is 1. The fraction of sp³-hybridized carbons (Fsp3) is 0.263. The minimum absolute atomic E-state index is 0.372. The predicted octanol–water partition coefficient (Wildman–Crippen LogP) is 2.32. The van der Waals surface area contributed by atoms with E-state index in [-0.39, 0.29) is 6.61 Å². The second-order valence-corrected chi connectivity index (χ2v) is 5.92. The van der Waals surface area contributed by atoms with Crippen LogP contribution >= 0.6 is 0 Å². The summed E-state index contributed by atoms with van der Waals surface area (Å²) in [5.41, 5.74) is 1.91. The van der Waals surface area contributed by atoms with E-state index in [1.54, 1.807) is 30.3 Å². The number of nitrogens with one attached hydrogen (secondary N) is 1. The molecule has 1 aliphatic rings. The molecular formula is C19H20N2O5. The summed E-state index contributed by atoms with van der Waals surface area (Å²) in [6, 6.07) is 12.0. The molecule has 0 aliphatic carbocycles. The van der Waals surface area contributed by atoms with Gasteiger partial charge in [-0.25, -0.2) is 4.79 Å². The van der Waals surface area contributed by atoms with Crippen molar-refractivity contribution in [3.8, 4) is 11.5 Å². The standard InChI is InChI=1S/C19H20N2O5/c1-21(2)15-6-3-13(4-7-15)19(23)26-12-18(22)20-14-5-8-16-17(11-14)25-10-9-24-16/h3-8,11H,9-10,12H2,1-2H3,(H,20,22). The Morgan fingerprint density at radius 2 is 1.73 bits per heavy atom. The van der Waals surface area contributed by atoms with Gasteiger partial charge in [0.2, 0.25) is 0 Å². The highest BCUT2D eigenvalue weighted by atomic mass is 16.6. The van der Waals surface area contributed by atoms with Crippen LogP contribution in [0.15, 0.2) is 42.5 Å². The van der Waals surface area contributed by atoms with Crippen LogP contribution in [-0.4, -0.2) is 45.8 Å². The van der Waals surface area contributed by atoms with Crippen molar-refractivity contribution in [2.24, 2.45) is 0 Å². The van der Waals surface area contributed by atoms with Crippen molar-refractivity contribution < 1.29 is 23.8 Å². The largest absolute Gasteiger partial charge is 0.486 e. The number of amides is 1.